The molecular weight excluding hydrogens is 480 g/mol. The molecule has 1 N–H and O–H groups in total. The van der Waals surface area contributed by atoms with Crippen molar-refractivity contribution >= 4 is 44.8 Å². The predicted octanol–water partition coefficient (Wildman–Crippen LogP) is 7.48. The van der Waals surface area contributed by atoms with E-state index >= 15 is 0 Å². The summed E-state index contributed by atoms with van der Waals surface area (Å²) in [5, 5.41) is 4.48. The Kier molecular flexibility index (Phi) is 7.64. The van der Waals surface area contributed by atoms with Gasteiger partial charge < -0.3 is 14.8 Å². The van der Waals surface area contributed by atoms with Crippen molar-refractivity contribution in [2.24, 2.45) is 0 Å². The van der Waals surface area contributed by atoms with Crippen LogP contribution in [0, 0.1) is 5.82 Å². The van der Waals surface area contributed by atoms with Gasteiger partial charge >= 0.3 is 0 Å². The van der Waals surface area contributed by atoms with E-state index in [4.69, 9.17) is 32.7 Å². The van der Waals surface area contributed by atoms with Crippen molar-refractivity contribution in [1.29, 1.82) is 0 Å². The molecule has 0 spiro atoms. The number of hydrogen-bond donors (Lipinski definition) is 1. The van der Waals surface area contributed by atoms with E-state index in [1.807, 2.05) is 19.1 Å². The molecule has 0 aliphatic heterocycles. The van der Waals surface area contributed by atoms with Gasteiger partial charge in [-0.15, -0.1) is 0 Å². The number of benzene rings is 3. The minimum absolute atomic E-state index is 0.276. The number of halogens is 4. The van der Waals surface area contributed by atoms with Crippen LogP contribution in [0.2, 0.25) is 10.0 Å². The van der Waals surface area contributed by atoms with Crippen LogP contribution >= 0.6 is 39.1 Å². The summed E-state index contributed by atoms with van der Waals surface area (Å²) < 4.78 is 25.6. The fraction of sp³-hybridized carbons (Fsp3) is 0.182. The van der Waals surface area contributed by atoms with E-state index in [0.717, 1.165) is 21.3 Å². The molecule has 3 aromatic rings. The number of ether oxygens (including phenoxy) is 2. The minimum Gasteiger partial charge on any atom is -0.490 e. The van der Waals surface area contributed by atoms with Crippen molar-refractivity contribution < 1.29 is 13.9 Å². The minimum atomic E-state index is -0.276. The van der Waals surface area contributed by atoms with E-state index in [1.54, 1.807) is 30.3 Å². The highest BCUT2D eigenvalue weighted by atomic mass is 79.9. The van der Waals surface area contributed by atoms with Crippen LogP contribution in [0.5, 0.6) is 11.5 Å². The molecule has 0 amide bonds. The molecule has 0 atom stereocenters. The van der Waals surface area contributed by atoms with Crippen molar-refractivity contribution in [2.75, 3.05) is 11.9 Å². The topological polar surface area (TPSA) is 30.5 Å². The van der Waals surface area contributed by atoms with E-state index in [2.05, 4.69) is 21.2 Å². The van der Waals surface area contributed by atoms with Crippen LogP contribution < -0.4 is 14.8 Å². The van der Waals surface area contributed by atoms with Crippen molar-refractivity contribution in [3.63, 3.8) is 0 Å². The first-order chi connectivity index (χ1) is 14.0. The Morgan fingerprint density at radius 1 is 0.966 bits per heavy atom. The molecule has 0 radical (unpaired) electrons. The molecule has 3 rings (SSSR count). The van der Waals surface area contributed by atoms with Crippen molar-refractivity contribution in [2.45, 2.75) is 20.1 Å². The zero-order valence-corrected chi connectivity index (χ0v) is 18.7. The lowest BCUT2D eigenvalue weighted by molar-refractivity contribution is 0.267. The molecule has 7 heteroatoms. The summed E-state index contributed by atoms with van der Waals surface area (Å²) in [7, 11) is 0. The molecule has 152 valence electrons. The molecule has 0 saturated carbocycles. The molecule has 0 aliphatic rings. The molecule has 3 aromatic carbocycles. The number of hydrogen-bond acceptors (Lipinski definition) is 3. The van der Waals surface area contributed by atoms with Crippen LogP contribution in [0.3, 0.4) is 0 Å². The highest BCUT2D eigenvalue weighted by Gasteiger charge is 2.13. The second kappa shape index (κ2) is 10.2. The fourth-order valence-electron chi connectivity index (χ4n) is 2.69. The largest absolute Gasteiger partial charge is 0.490 e. The molecule has 3 nitrogen and oxygen atoms in total. The highest BCUT2D eigenvalue weighted by molar-refractivity contribution is 9.10. The Morgan fingerprint density at radius 3 is 2.45 bits per heavy atom. The first kappa shape index (κ1) is 21.8. The maximum Gasteiger partial charge on any atom is 0.175 e. The zero-order chi connectivity index (χ0) is 20.8. The zero-order valence-electron chi connectivity index (χ0n) is 15.6. The average Bonchev–Trinajstić information content (AvgIpc) is 2.69. The summed E-state index contributed by atoms with van der Waals surface area (Å²) in [6.07, 6.45) is 0. The lowest BCUT2D eigenvalue weighted by Crippen LogP contribution is -2.04. The normalized spacial score (nSPS) is 10.7. The van der Waals surface area contributed by atoms with Gasteiger partial charge in [-0.25, -0.2) is 4.39 Å². The molecule has 0 aromatic heterocycles. The molecular formula is C22H19BrCl2FNO2. The maximum atomic E-state index is 13.1. The lowest BCUT2D eigenvalue weighted by Gasteiger charge is -2.16. The smallest absolute Gasteiger partial charge is 0.175 e. The Labute approximate surface area is 187 Å². The Balaban J connectivity index is 1.76. The first-order valence-corrected chi connectivity index (χ1v) is 10.5. The molecule has 0 fully saturated rings. The lowest BCUT2D eigenvalue weighted by atomic mass is 10.2. The van der Waals surface area contributed by atoms with Crippen LogP contribution in [0.15, 0.2) is 59.1 Å². The second-order valence-corrected chi connectivity index (χ2v) is 7.93. The summed E-state index contributed by atoms with van der Waals surface area (Å²) >= 11 is 15.8. The van der Waals surface area contributed by atoms with Crippen LogP contribution in [-0.4, -0.2) is 6.61 Å². The van der Waals surface area contributed by atoms with Gasteiger partial charge in [0.2, 0.25) is 0 Å². The Hall–Kier alpha value is -1.95. The monoisotopic (exact) mass is 497 g/mol. The van der Waals surface area contributed by atoms with Gasteiger partial charge in [-0.05, 0) is 76.4 Å². The van der Waals surface area contributed by atoms with Gasteiger partial charge in [-0.2, -0.15) is 0 Å². The van der Waals surface area contributed by atoms with Gasteiger partial charge in [0.1, 0.15) is 12.4 Å². The molecule has 0 heterocycles. The average molecular weight is 499 g/mol. The summed E-state index contributed by atoms with van der Waals surface area (Å²) in [6.45, 7) is 3.23. The molecule has 0 unspecified atom stereocenters. The van der Waals surface area contributed by atoms with Gasteiger partial charge in [0.25, 0.3) is 0 Å². The fourth-order valence-corrected chi connectivity index (χ4v) is 3.65. The predicted molar refractivity (Wildman–Crippen MR) is 120 cm³/mol. The van der Waals surface area contributed by atoms with Crippen LogP contribution in [0.25, 0.3) is 0 Å². The van der Waals surface area contributed by atoms with Crippen molar-refractivity contribution in [3.8, 4) is 11.5 Å². The van der Waals surface area contributed by atoms with Crippen LogP contribution in [0.4, 0.5) is 10.1 Å². The third-order valence-electron chi connectivity index (χ3n) is 4.08. The maximum absolute atomic E-state index is 13.1. The van der Waals surface area contributed by atoms with Crippen molar-refractivity contribution in [3.05, 3.63) is 86.1 Å². The first-order valence-electron chi connectivity index (χ1n) is 8.97. The van der Waals surface area contributed by atoms with E-state index < -0.39 is 0 Å². The van der Waals surface area contributed by atoms with Crippen molar-refractivity contribution in [1.82, 2.24) is 0 Å². The quantitative estimate of drug-likeness (QED) is 0.349. The van der Waals surface area contributed by atoms with Crippen LogP contribution in [-0.2, 0) is 13.2 Å². The SMILES string of the molecule is CCOc1cc(CNc2cc(Cl)ccc2Cl)cc(Br)c1OCc1ccc(F)cc1. The third-order valence-corrected chi connectivity index (χ3v) is 5.23. The standard InChI is InChI=1S/C22H19BrCl2FNO2/c1-2-28-21-10-15(12-27-20-11-16(24)5-8-19(20)25)9-18(23)22(21)29-13-14-3-6-17(26)7-4-14/h3-11,27H,2,12-13H2,1H3. The van der Waals surface area contributed by atoms with Gasteiger partial charge in [0, 0.05) is 11.6 Å². The number of rotatable bonds is 8. The third kappa shape index (κ3) is 6.01. The highest BCUT2D eigenvalue weighted by Crippen LogP contribution is 2.38. The molecule has 0 saturated heterocycles. The summed E-state index contributed by atoms with van der Waals surface area (Å²) in [5.74, 6) is 0.945. The van der Waals surface area contributed by atoms with Crippen LogP contribution in [0.1, 0.15) is 18.1 Å². The molecule has 0 aliphatic carbocycles. The van der Waals surface area contributed by atoms with E-state index in [-0.39, 0.29) is 5.82 Å². The Morgan fingerprint density at radius 2 is 1.72 bits per heavy atom. The van der Waals surface area contributed by atoms with Gasteiger partial charge in [-0.1, -0.05) is 35.3 Å². The number of nitrogens with one attached hydrogen (secondary N) is 1. The van der Waals surface area contributed by atoms with Gasteiger partial charge in [-0.3, -0.25) is 0 Å². The second-order valence-electron chi connectivity index (χ2n) is 6.23. The molecule has 29 heavy (non-hydrogen) atoms. The van der Waals surface area contributed by atoms with E-state index in [1.165, 1.54) is 12.1 Å². The summed E-state index contributed by atoms with van der Waals surface area (Å²) in [6, 6.07) is 15.3. The van der Waals surface area contributed by atoms with Gasteiger partial charge in [0.05, 0.1) is 21.8 Å². The van der Waals surface area contributed by atoms with E-state index in [9.17, 15) is 4.39 Å². The Bertz CT molecular complexity index is 983. The summed E-state index contributed by atoms with van der Waals surface area (Å²) in [4.78, 5) is 0. The van der Waals surface area contributed by atoms with E-state index in [0.29, 0.717) is 41.3 Å². The van der Waals surface area contributed by atoms with Gasteiger partial charge in [0.15, 0.2) is 11.5 Å². The summed E-state index contributed by atoms with van der Waals surface area (Å²) in [5.41, 5.74) is 2.59. The number of anilines is 1. The molecule has 0 bridgehead atoms.